The van der Waals surface area contributed by atoms with E-state index >= 15 is 0 Å². The van der Waals surface area contributed by atoms with Gasteiger partial charge in [0.05, 0.1) is 19.8 Å². The third kappa shape index (κ3) is 6.47. The molecule has 0 aromatic rings. The smallest absolute Gasteiger partial charge is 0.261 e. The molecule has 29 heavy (non-hydrogen) atoms. The highest BCUT2D eigenvalue weighted by Gasteiger charge is 2.50. The SMILES string of the molecule is C=CC(=O)CCOCCOCCC.CCCCN1C(=O)C2=C(C1=O)C1CC1C=C2.[HH]. The van der Waals surface area contributed by atoms with Crippen molar-refractivity contribution in [3.05, 3.63) is 36.0 Å². The first kappa shape index (κ1) is 23.2. The van der Waals surface area contributed by atoms with Gasteiger partial charge in [-0.1, -0.05) is 39.0 Å². The number of nitrogens with zero attached hydrogens (tertiary/aromatic N) is 1. The molecule has 0 bridgehead atoms. The molecule has 0 spiro atoms. The van der Waals surface area contributed by atoms with Crippen molar-refractivity contribution in [2.45, 2.75) is 46.0 Å². The fourth-order valence-corrected chi connectivity index (χ4v) is 3.37. The van der Waals surface area contributed by atoms with Gasteiger partial charge in [0.2, 0.25) is 0 Å². The largest absolute Gasteiger partial charge is 0.379 e. The van der Waals surface area contributed by atoms with E-state index in [2.05, 4.69) is 26.5 Å². The highest BCUT2D eigenvalue weighted by molar-refractivity contribution is 6.21. The van der Waals surface area contributed by atoms with Crippen LogP contribution >= 0.6 is 0 Å². The molecule has 0 aromatic heterocycles. The first-order valence-electron chi connectivity index (χ1n) is 10.6. The molecule has 1 aliphatic heterocycles. The Balaban J connectivity index is 0.000000299. The molecule has 6 heteroatoms. The van der Waals surface area contributed by atoms with Crippen LogP contribution in [0.5, 0.6) is 0 Å². The second kappa shape index (κ2) is 11.8. The summed E-state index contributed by atoms with van der Waals surface area (Å²) in [7, 11) is 0. The van der Waals surface area contributed by atoms with Gasteiger partial charge >= 0.3 is 0 Å². The van der Waals surface area contributed by atoms with Gasteiger partial charge < -0.3 is 9.47 Å². The van der Waals surface area contributed by atoms with Crippen molar-refractivity contribution in [1.29, 1.82) is 0 Å². The van der Waals surface area contributed by atoms with Crippen molar-refractivity contribution >= 4 is 17.6 Å². The van der Waals surface area contributed by atoms with Crippen LogP contribution in [0.25, 0.3) is 0 Å². The predicted octanol–water partition coefficient (Wildman–Crippen LogP) is 3.48. The average Bonchev–Trinajstić information content (AvgIpc) is 3.47. The van der Waals surface area contributed by atoms with E-state index in [1.54, 1.807) is 0 Å². The van der Waals surface area contributed by atoms with Crippen LogP contribution in [0.4, 0.5) is 0 Å². The lowest BCUT2D eigenvalue weighted by molar-refractivity contribution is -0.137. The molecule has 1 heterocycles. The lowest BCUT2D eigenvalue weighted by atomic mass is 9.99. The van der Waals surface area contributed by atoms with Crippen LogP contribution in [0.1, 0.15) is 47.4 Å². The minimum atomic E-state index is -0.0740. The second-order valence-corrected chi connectivity index (χ2v) is 7.45. The number of imide groups is 1. The third-order valence-electron chi connectivity index (χ3n) is 5.14. The summed E-state index contributed by atoms with van der Waals surface area (Å²) in [4.78, 5) is 36.3. The zero-order valence-electron chi connectivity index (χ0n) is 17.7. The standard InChI is InChI=1S/C13H15NO2.C10H18O3.H2/c1-2-3-6-14-12(15)9-5-4-8-7-10(8)11(9)13(14)16;1-3-6-12-8-9-13-7-5-10(11)4-2;/h4-5,8,10H,2-3,6-7H2,1H3;4H,2-3,5-9H2,1H3;1H. The number of amides is 2. The van der Waals surface area contributed by atoms with Gasteiger partial charge in [-0.25, -0.2) is 0 Å². The van der Waals surface area contributed by atoms with Gasteiger partial charge in [-0.2, -0.15) is 0 Å². The number of ketones is 1. The number of unbranched alkanes of at least 4 members (excludes halogenated alkanes) is 1. The monoisotopic (exact) mass is 405 g/mol. The molecule has 3 aliphatic rings. The van der Waals surface area contributed by atoms with Crippen molar-refractivity contribution in [2.24, 2.45) is 11.8 Å². The Morgan fingerprint density at radius 1 is 1.17 bits per heavy atom. The van der Waals surface area contributed by atoms with Crippen LogP contribution in [0.15, 0.2) is 36.0 Å². The van der Waals surface area contributed by atoms with Crippen molar-refractivity contribution in [3.8, 4) is 0 Å². The highest BCUT2D eigenvalue weighted by Crippen LogP contribution is 2.51. The Labute approximate surface area is 175 Å². The average molecular weight is 406 g/mol. The zero-order valence-corrected chi connectivity index (χ0v) is 17.7. The molecule has 162 valence electrons. The molecular formula is C23H35NO5. The van der Waals surface area contributed by atoms with E-state index in [1.807, 2.05) is 6.08 Å². The Morgan fingerprint density at radius 3 is 2.55 bits per heavy atom. The van der Waals surface area contributed by atoms with Gasteiger partial charge in [-0.3, -0.25) is 19.3 Å². The molecule has 1 fully saturated rings. The maximum absolute atomic E-state index is 12.1. The summed E-state index contributed by atoms with van der Waals surface area (Å²) < 4.78 is 10.3. The van der Waals surface area contributed by atoms with Crippen LogP contribution in [0.3, 0.4) is 0 Å². The Morgan fingerprint density at radius 2 is 1.90 bits per heavy atom. The van der Waals surface area contributed by atoms with Gasteiger partial charge in [0.25, 0.3) is 11.8 Å². The number of ether oxygens (including phenoxy) is 2. The molecule has 0 saturated heterocycles. The molecule has 2 amide bonds. The number of hydrogen-bond donors (Lipinski definition) is 0. The van der Waals surface area contributed by atoms with Gasteiger partial charge in [0, 0.05) is 32.1 Å². The molecule has 2 aliphatic carbocycles. The highest BCUT2D eigenvalue weighted by atomic mass is 16.5. The minimum absolute atomic E-state index is 0. The normalized spacial score (nSPS) is 21.5. The molecule has 3 rings (SSSR count). The van der Waals surface area contributed by atoms with Crippen molar-refractivity contribution < 1.29 is 25.3 Å². The number of fused-ring (bicyclic) bond motifs is 2. The van der Waals surface area contributed by atoms with Crippen LogP contribution < -0.4 is 0 Å². The van der Waals surface area contributed by atoms with E-state index in [4.69, 9.17) is 9.47 Å². The maximum atomic E-state index is 12.1. The predicted molar refractivity (Wildman–Crippen MR) is 113 cm³/mol. The van der Waals surface area contributed by atoms with Gasteiger partial charge in [0.1, 0.15) is 0 Å². The summed E-state index contributed by atoms with van der Waals surface area (Å²) in [5.41, 5.74) is 1.47. The number of carbonyl (C=O) groups is 3. The number of hydrogen-bond acceptors (Lipinski definition) is 5. The third-order valence-corrected chi connectivity index (χ3v) is 5.14. The minimum Gasteiger partial charge on any atom is -0.379 e. The van der Waals surface area contributed by atoms with Crippen molar-refractivity contribution in [3.63, 3.8) is 0 Å². The van der Waals surface area contributed by atoms with E-state index in [0.29, 0.717) is 50.2 Å². The van der Waals surface area contributed by atoms with Gasteiger partial charge in [-0.05, 0) is 37.2 Å². The molecule has 6 nitrogen and oxygen atoms in total. The topological polar surface area (TPSA) is 72.9 Å². The number of allylic oxidation sites excluding steroid dienone is 2. The Kier molecular flexibility index (Phi) is 9.48. The summed E-state index contributed by atoms with van der Waals surface area (Å²) >= 11 is 0. The van der Waals surface area contributed by atoms with Gasteiger partial charge in [0.15, 0.2) is 5.78 Å². The summed E-state index contributed by atoms with van der Waals surface area (Å²) in [6, 6.07) is 0. The molecule has 2 unspecified atom stereocenters. The van der Waals surface area contributed by atoms with Crippen LogP contribution in [0.2, 0.25) is 0 Å². The lowest BCUT2D eigenvalue weighted by Crippen LogP contribution is -2.32. The molecular weight excluding hydrogens is 370 g/mol. The maximum Gasteiger partial charge on any atom is 0.261 e. The Hall–Kier alpha value is -2.05. The van der Waals surface area contributed by atoms with Crippen LogP contribution in [0, 0.1) is 11.8 Å². The second-order valence-electron chi connectivity index (χ2n) is 7.45. The van der Waals surface area contributed by atoms with E-state index in [0.717, 1.165) is 37.9 Å². The zero-order chi connectivity index (χ0) is 21.2. The first-order valence-corrected chi connectivity index (χ1v) is 10.6. The van der Waals surface area contributed by atoms with Gasteiger partial charge in [-0.15, -0.1) is 0 Å². The Bertz CT molecular complexity index is 685. The molecule has 0 N–H and O–H groups in total. The first-order chi connectivity index (χ1) is 14.0. The summed E-state index contributed by atoms with van der Waals surface area (Å²) in [5.74, 6) is 0.805. The quantitative estimate of drug-likeness (QED) is 0.282. The van der Waals surface area contributed by atoms with E-state index in [9.17, 15) is 14.4 Å². The molecule has 1 saturated carbocycles. The van der Waals surface area contributed by atoms with Crippen molar-refractivity contribution in [2.75, 3.05) is 33.0 Å². The fourth-order valence-electron chi connectivity index (χ4n) is 3.37. The molecule has 0 radical (unpaired) electrons. The molecule has 0 aromatic carbocycles. The lowest BCUT2D eigenvalue weighted by Gasteiger charge is -2.13. The number of carbonyl (C=O) groups excluding carboxylic acids is 3. The van der Waals surface area contributed by atoms with E-state index < -0.39 is 0 Å². The van der Waals surface area contributed by atoms with Crippen LogP contribution in [-0.4, -0.2) is 55.5 Å². The van der Waals surface area contributed by atoms with E-state index in [1.165, 1.54) is 11.0 Å². The fraction of sp³-hybridized carbons (Fsp3) is 0.609. The van der Waals surface area contributed by atoms with E-state index in [-0.39, 0.29) is 19.0 Å². The number of rotatable bonds is 12. The summed E-state index contributed by atoms with van der Waals surface area (Å²) in [5, 5.41) is 0. The van der Waals surface area contributed by atoms with Crippen molar-refractivity contribution in [1.82, 2.24) is 4.90 Å². The summed E-state index contributed by atoms with van der Waals surface area (Å²) in [6.45, 7) is 10.5. The summed E-state index contributed by atoms with van der Waals surface area (Å²) in [6.07, 6.45) is 9.65. The molecule has 2 atom stereocenters. The van der Waals surface area contributed by atoms with Crippen LogP contribution in [-0.2, 0) is 23.9 Å².